The van der Waals surface area contributed by atoms with Gasteiger partial charge in [-0.05, 0) is 18.2 Å². The number of aromatic amines is 1. The maximum absolute atomic E-state index is 13.3. The van der Waals surface area contributed by atoms with Crippen molar-refractivity contribution in [1.29, 1.82) is 0 Å². The molecular weight excluding hydrogens is 211 g/mol. The summed E-state index contributed by atoms with van der Waals surface area (Å²) in [7, 11) is 0. The van der Waals surface area contributed by atoms with E-state index in [-0.39, 0.29) is 5.82 Å². The van der Waals surface area contributed by atoms with E-state index in [0.717, 1.165) is 0 Å². The van der Waals surface area contributed by atoms with E-state index in [2.05, 4.69) is 15.5 Å². The number of amides is 2. The fraction of sp³-hybridized carbons (Fsp3) is 0. The van der Waals surface area contributed by atoms with Crippen LogP contribution < -0.4 is 11.2 Å². The van der Waals surface area contributed by atoms with Crippen LogP contribution >= 0.6 is 0 Å². The number of hydrazone groups is 1. The summed E-state index contributed by atoms with van der Waals surface area (Å²) in [4.78, 5) is 13.3. The SMILES string of the molecule is NC(=O)NN=Cc1ccc(F)c2cc[nH]c12. The first-order chi connectivity index (χ1) is 7.68. The first kappa shape index (κ1) is 10.2. The van der Waals surface area contributed by atoms with Crippen molar-refractivity contribution < 1.29 is 9.18 Å². The van der Waals surface area contributed by atoms with Crippen molar-refractivity contribution in [1.82, 2.24) is 10.4 Å². The molecule has 1 heterocycles. The highest BCUT2D eigenvalue weighted by atomic mass is 19.1. The van der Waals surface area contributed by atoms with Crippen LogP contribution in [-0.4, -0.2) is 17.2 Å². The zero-order valence-corrected chi connectivity index (χ0v) is 8.20. The molecule has 82 valence electrons. The Bertz CT molecular complexity index is 561. The van der Waals surface area contributed by atoms with E-state index in [0.29, 0.717) is 16.5 Å². The summed E-state index contributed by atoms with van der Waals surface area (Å²) in [5, 5.41) is 4.08. The molecule has 4 N–H and O–H groups in total. The smallest absolute Gasteiger partial charge is 0.332 e. The van der Waals surface area contributed by atoms with Crippen LogP contribution in [-0.2, 0) is 0 Å². The van der Waals surface area contributed by atoms with Crippen LogP contribution in [0.3, 0.4) is 0 Å². The molecule has 5 nitrogen and oxygen atoms in total. The number of urea groups is 1. The molecule has 0 unspecified atom stereocenters. The van der Waals surface area contributed by atoms with Gasteiger partial charge in [0.1, 0.15) is 5.82 Å². The number of rotatable bonds is 2. The molecule has 1 aromatic carbocycles. The van der Waals surface area contributed by atoms with E-state index in [9.17, 15) is 9.18 Å². The fourth-order valence-electron chi connectivity index (χ4n) is 1.42. The number of carbonyl (C=O) groups excluding carboxylic acids is 1. The van der Waals surface area contributed by atoms with E-state index < -0.39 is 6.03 Å². The molecule has 0 aliphatic rings. The number of fused-ring (bicyclic) bond motifs is 1. The molecule has 16 heavy (non-hydrogen) atoms. The van der Waals surface area contributed by atoms with Gasteiger partial charge in [0.2, 0.25) is 0 Å². The highest BCUT2D eigenvalue weighted by Crippen LogP contribution is 2.19. The second-order valence-corrected chi connectivity index (χ2v) is 3.14. The second-order valence-electron chi connectivity index (χ2n) is 3.14. The Kier molecular flexibility index (Phi) is 2.55. The maximum atomic E-state index is 13.3. The van der Waals surface area contributed by atoms with Gasteiger partial charge in [0.15, 0.2) is 0 Å². The standard InChI is InChI=1S/C10H9FN4O/c11-8-2-1-6(5-14-15-10(12)16)9-7(8)3-4-13-9/h1-5,13H,(H3,12,15,16). The molecule has 0 saturated heterocycles. The number of hydrogen-bond acceptors (Lipinski definition) is 2. The van der Waals surface area contributed by atoms with Crippen LogP contribution in [0.5, 0.6) is 0 Å². The molecule has 1 aromatic heterocycles. The zero-order valence-electron chi connectivity index (χ0n) is 8.20. The normalized spacial score (nSPS) is 11.1. The van der Waals surface area contributed by atoms with Gasteiger partial charge in [-0.3, -0.25) is 0 Å². The Morgan fingerprint density at radius 1 is 1.50 bits per heavy atom. The van der Waals surface area contributed by atoms with E-state index in [1.807, 2.05) is 0 Å². The van der Waals surface area contributed by atoms with Crippen LogP contribution in [0, 0.1) is 5.82 Å². The lowest BCUT2D eigenvalue weighted by atomic mass is 10.1. The van der Waals surface area contributed by atoms with E-state index in [4.69, 9.17) is 5.73 Å². The van der Waals surface area contributed by atoms with Gasteiger partial charge in [-0.25, -0.2) is 14.6 Å². The fourth-order valence-corrected chi connectivity index (χ4v) is 1.42. The number of H-pyrrole nitrogens is 1. The van der Waals surface area contributed by atoms with Crippen molar-refractivity contribution in [3.63, 3.8) is 0 Å². The summed E-state index contributed by atoms with van der Waals surface area (Å²) in [6, 6.07) is 3.77. The van der Waals surface area contributed by atoms with Crippen LogP contribution in [0.15, 0.2) is 29.5 Å². The predicted octanol–water partition coefficient (Wildman–Crippen LogP) is 1.31. The number of carbonyl (C=O) groups is 1. The third-order valence-corrected chi connectivity index (χ3v) is 2.08. The Labute approximate surface area is 90.1 Å². The number of primary amides is 1. The number of nitrogens with two attached hydrogens (primary N) is 1. The predicted molar refractivity (Wildman–Crippen MR) is 58.6 cm³/mol. The summed E-state index contributed by atoms with van der Waals surface area (Å²) < 4.78 is 13.3. The van der Waals surface area contributed by atoms with Crippen molar-refractivity contribution >= 4 is 23.1 Å². The van der Waals surface area contributed by atoms with Crippen molar-refractivity contribution in [3.05, 3.63) is 35.8 Å². The topological polar surface area (TPSA) is 83.3 Å². The minimum absolute atomic E-state index is 0.309. The van der Waals surface area contributed by atoms with Crippen molar-refractivity contribution in [2.75, 3.05) is 0 Å². The molecule has 0 fully saturated rings. The van der Waals surface area contributed by atoms with Crippen LogP contribution in [0.2, 0.25) is 0 Å². The molecule has 0 aliphatic carbocycles. The largest absolute Gasteiger partial charge is 0.361 e. The number of nitrogens with zero attached hydrogens (tertiary/aromatic N) is 1. The second kappa shape index (κ2) is 4.01. The third kappa shape index (κ3) is 1.85. The Morgan fingerprint density at radius 3 is 3.06 bits per heavy atom. The maximum Gasteiger partial charge on any atom is 0.332 e. The highest BCUT2D eigenvalue weighted by molar-refractivity contribution is 5.98. The van der Waals surface area contributed by atoms with Gasteiger partial charge in [-0.1, -0.05) is 0 Å². The van der Waals surface area contributed by atoms with Gasteiger partial charge in [-0.2, -0.15) is 5.10 Å². The molecule has 0 radical (unpaired) electrons. The molecule has 0 atom stereocenters. The number of aromatic nitrogens is 1. The number of halogens is 1. The van der Waals surface area contributed by atoms with Gasteiger partial charge in [-0.15, -0.1) is 0 Å². The van der Waals surface area contributed by atoms with Gasteiger partial charge >= 0.3 is 6.03 Å². The first-order valence-corrected chi connectivity index (χ1v) is 4.52. The lowest BCUT2D eigenvalue weighted by molar-refractivity contribution is 0.249. The molecular formula is C10H9FN4O. The summed E-state index contributed by atoms with van der Waals surface area (Å²) in [5.74, 6) is -0.309. The molecule has 6 heteroatoms. The highest BCUT2D eigenvalue weighted by Gasteiger charge is 2.04. The van der Waals surface area contributed by atoms with Crippen LogP contribution in [0.1, 0.15) is 5.56 Å². The lowest BCUT2D eigenvalue weighted by Gasteiger charge is -1.98. The summed E-state index contributed by atoms with van der Waals surface area (Å²) in [6.07, 6.45) is 3.02. The average Bonchev–Trinajstić information content (AvgIpc) is 2.70. The Morgan fingerprint density at radius 2 is 2.31 bits per heavy atom. The summed E-state index contributed by atoms with van der Waals surface area (Å²) in [5.41, 5.74) is 8.19. The van der Waals surface area contributed by atoms with Crippen molar-refractivity contribution in [2.24, 2.45) is 10.8 Å². The Hall–Kier alpha value is -2.37. The van der Waals surface area contributed by atoms with Gasteiger partial charge in [0, 0.05) is 17.1 Å². The first-order valence-electron chi connectivity index (χ1n) is 4.52. The van der Waals surface area contributed by atoms with Crippen molar-refractivity contribution in [2.45, 2.75) is 0 Å². The van der Waals surface area contributed by atoms with Gasteiger partial charge in [0.25, 0.3) is 0 Å². The van der Waals surface area contributed by atoms with E-state index in [1.54, 1.807) is 18.3 Å². The number of benzene rings is 1. The molecule has 2 aromatic rings. The molecule has 0 spiro atoms. The lowest BCUT2D eigenvalue weighted by Crippen LogP contribution is -2.24. The quantitative estimate of drug-likeness (QED) is 0.517. The van der Waals surface area contributed by atoms with E-state index in [1.165, 1.54) is 12.3 Å². The summed E-state index contributed by atoms with van der Waals surface area (Å²) in [6.45, 7) is 0. The monoisotopic (exact) mass is 220 g/mol. The van der Waals surface area contributed by atoms with Gasteiger partial charge in [0.05, 0.1) is 11.7 Å². The van der Waals surface area contributed by atoms with Gasteiger partial charge < -0.3 is 10.7 Å². The molecule has 2 rings (SSSR count). The average molecular weight is 220 g/mol. The zero-order chi connectivity index (χ0) is 11.5. The van der Waals surface area contributed by atoms with Crippen molar-refractivity contribution in [3.8, 4) is 0 Å². The minimum Gasteiger partial charge on any atom is -0.361 e. The molecule has 0 aliphatic heterocycles. The van der Waals surface area contributed by atoms with E-state index >= 15 is 0 Å². The number of nitrogens with one attached hydrogen (secondary N) is 2. The minimum atomic E-state index is -0.749. The molecule has 0 bridgehead atoms. The summed E-state index contributed by atoms with van der Waals surface area (Å²) >= 11 is 0. The van der Waals surface area contributed by atoms with Crippen LogP contribution in [0.25, 0.3) is 10.9 Å². The van der Waals surface area contributed by atoms with Crippen LogP contribution in [0.4, 0.5) is 9.18 Å². The Balaban J connectivity index is 2.38. The molecule has 0 saturated carbocycles. The molecule has 2 amide bonds. The number of hydrogen-bond donors (Lipinski definition) is 3. The third-order valence-electron chi connectivity index (χ3n) is 2.08.